The maximum absolute atomic E-state index is 11.5. The number of carbonyl (C=O) groups excluding carboxylic acids is 1. The molecule has 0 bridgehead atoms. The summed E-state index contributed by atoms with van der Waals surface area (Å²) < 4.78 is 0. The lowest BCUT2D eigenvalue weighted by atomic mass is 10.0. The molecule has 1 aliphatic rings. The summed E-state index contributed by atoms with van der Waals surface area (Å²) >= 11 is 5.87. The number of rotatable bonds is 1. The predicted octanol–water partition coefficient (Wildman–Crippen LogP) is 2.63. The molecular weight excluding hydrogens is 210 g/mol. The lowest BCUT2D eigenvalue weighted by molar-refractivity contribution is -0.118. The van der Waals surface area contributed by atoms with Crippen molar-refractivity contribution in [2.24, 2.45) is 0 Å². The summed E-state index contributed by atoms with van der Waals surface area (Å²) in [5.74, 6) is 0.0428. The summed E-state index contributed by atoms with van der Waals surface area (Å²) in [5, 5.41) is 3.52. The fraction of sp³-hybridized carbons (Fsp3) is 0.250. The van der Waals surface area contributed by atoms with Gasteiger partial charge in [-0.3, -0.25) is 4.79 Å². The molecule has 1 aromatic carbocycles. The van der Waals surface area contributed by atoms with Gasteiger partial charge in [0, 0.05) is 17.1 Å². The summed E-state index contributed by atoms with van der Waals surface area (Å²) in [6.45, 7) is 0.783. The van der Waals surface area contributed by atoms with Gasteiger partial charge in [-0.25, -0.2) is 0 Å². The van der Waals surface area contributed by atoms with Gasteiger partial charge in [0.25, 0.3) is 0 Å². The molecule has 0 unspecified atom stereocenters. The first-order valence-electron chi connectivity index (χ1n) is 5.00. The molecule has 1 fully saturated rings. The van der Waals surface area contributed by atoms with Crippen molar-refractivity contribution in [2.45, 2.75) is 12.8 Å². The molecule has 0 aliphatic carbocycles. The van der Waals surface area contributed by atoms with Crippen LogP contribution in [0, 0.1) is 0 Å². The van der Waals surface area contributed by atoms with Crippen molar-refractivity contribution in [1.29, 1.82) is 0 Å². The standard InChI is InChI=1S/C12H12ClNO/c13-11-5-1-3-9(8-11)7-10-4-2-6-14-12(10)15/h1,3,5,7-8H,2,4,6H2,(H,14,15)/b10-7+. The van der Waals surface area contributed by atoms with Crippen LogP contribution in [0.5, 0.6) is 0 Å². The summed E-state index contributed by atoms with van der Waals surface area (Å²) in [6.07, 6.45) is 3.76. The predicted molar refractivity (Wildman–Crippen MR) is 61.7 cm³/mol. The number of halogens is 1. The van der Waals surface area contributed by atoms with Gasteiger partial charge < -0.3 is 5.32 Å². The second-order valence-electron chi connectivity index (χ2n) is 3.58. The smallest absolute Gasteiger partial charge is 0.247 e. The zero-order chi connectivity index (χ0) is 10.7. The van der Waals surface area contributed by atoms with Crippen molar-refractivity contribution >= 4 is 23.6 Å². The maximum Gasteiger partial charge on any atom is 0.247 e. The first kappa shape index (κ1) is 10.2. The fourth-order valence-corrected chi connectivity index (χ4v) is 1.84. The Morgan fingerprint density at radius 1 is 1.40 bits per heavy atom. The van der Waals surface area contributed by atoms with Crippen LogP contribution in [0.3, 0.4) is 0 Å². The van der Waals surface area contributed by atoms with Crippen LogP contribution >= 0.6 is 11.6 Å². The summed E-state index contributed by atoms with van der Waals surface area (Å²) in [6, 6.07) is 7.51. The van der Waals surface area contributed by atoms with Crippen LogP contribution in [0.15, 0.2) is 29.8 Å². The molecule has 1 amide bonds. The van der Waals surface area contributed by atoms with Crippen LogP contribution < -0.4 is 5.32 Å². The van der Waals surface area contributed by atoms with Crippen molar-refractivity contribution in [1.82, 2.24) is 5.32 Å². The highest BCUT2D eigenvalue weighted by Gasteiger charge is 2.13. The molecule has 0 saturated carbocycles. The Kier molecular flexibility index (Phi) is 3.07. The average molecular weight is 222 g/mol. The Morgan fingerprint density at radius 3 is 3.00 bits per heavy atom. The van der Waals surface area contributed by atoms with Gasteiger partial charge in [0.1, 0.15) is 0 Å². The van der Waals surface area contributed by atoms with Gasteiger partial charge in [-0.1, -0.05) is 23.7 Å². The van der Waals surface area contributed by atoms with Gasteiger partial charge in [-0.2, -0.15) is 0 Å². The molecule has 1 saturated heterocycles. The van der Waals surface area contributed by atoms with Crippen LogP contribution in [0.1, 0.15) is 18.4 Å². The molecule has 0 aromatic heterocycles. The number of amides is 1. The van der Waals surface area contributed by atoms with Gasteiger partial charge >= 0.3 is 0 Å². The topological polar surface area (TPSA) is 29.1 Å². The summed E-state index contributed by atoms with van der Waals surface area (Å²) in [7, 11) is 0. The third-order valence-electron chi connectivity index (χ3n) is 2.39. The Morgan fingerprint density at radius 2 is 2.27 bits per heavy atom. The van der Waals surface area contributed by atoms with E-state index in [1.54, 1.807) is 0 Å². The number of piperidine rings is 1. The third kappa shape index (κ3) is 2.60. The Bertz CT molecular complexity index is 412. The van der Waals surface area contributed by atoms with E-state index < -0.39 is 0 Å². The van der Waals surface area contributed by atoms with Crippen molar-refractivity contribution in [3.63, 3.8) is 0 Å². The quantitative estimate of drug-likeness (QED) is 0.726. The number of carbonyl (C=O) groups is 1. The second-order valence-corrected chi connectivity index (χ2v) is 4.02. The molecule has 15 heavy (non-hydrogen) atoms. The van der Waals surface area contributed by atoms with Crippen LogP contribution in [0.2, 0.25) is 5.02 Å². The minimum Gasteiger partial charge on any atom is -0.352 e. The van der Waals surface area contributed by atoms with Gasteiger partial charge in [0.15, 0.2) is 0 Å². The first-order valence-corrected chi connectivity index (χ1v) is 5.38. The van der Waals surface area contributed by atoms with Crippen LogP contribution in [0.25, 0.3) is 6.08 Å². The summed E-state index contributed by atoms with van der Waals surface area (Å²) in [4.78, 5) is 11.5. The molecule has 0 spiro atoms. The van der Waals surface area contributed by atoms with E-state index in [4.69, 9.17) is 11.6 Å². The van der Waals surface area contributed by atoms with E-state index in [0.717, 1.165) is 30.5 Å². The van der Waals surface area contributed by atoms with E-state index in [9.17, 15) is 4.79 Å². The highest BCUT2D eigenvalue weighted by Crippen LogP contribution is 2.17. The van der Waals surface area contributed by atoms with Gasteiger partial charge in [-0.05, 0) is 36.6 Å². The minimum atomic E-state index is 0.0428. The molecule has 2 nitrogen and oxygen atoms in total. The zero-order valence-electron chi connectivity index (χ0n) is 8.29. The Hall–Kier alpha value is -1.28. The molecule has 1 N–H and O–H groups in total. The number of hydrogen-bond acceptors (Lipinski definition) is 1. The van der Waals surface area contributed by atoms with E-state index in [1.807, 2.05) is 30.3 Å². The Balaban J connectivity index is 2.25. The molecule has 0 radical (unpaired) electrons. The normalized spacial score (nSPS) is 19.0. The molecule has 78 valence electrons. The van der Waals surface area contributed by atoms with E-state index in [-0.39, 0.29) is 5.91 Å². The average Bonchev–Trinajstić information content (AvgIpc) is 2.22. The third-order valence-corrected chi connectivity index (χ3v) is 2.62. The van der Waals surface area contributed by atoms with Crippen LogP contribution in [-0.4, -0.2) is 12.5 Å². The molecule has 3 heteroatoms. The largest absolute Gasteiger partial charge is 0.352 e. The number of benzene rings is 1. The zero-order valence-corrected chi connectivity index (χ0v) is 9.05. The van der Waals surface area contributed by atoms with Crippen molar-refractivity contribution in [3.05, 3.63) is 40.4 Å². The molecule has 1 aliphatic heterocycles. The van der Waals surface area contributed by atoms with Gasteiger partial charge in [-0.15, -0.1) is 0 Å². The molecule has 1 aromatic rings. The second kappa shape index (κ2) is 4.49. The summed E-state index contributed by atoms with van der Waals surface area (Å²) in [5.41, 5.74) is 1.82. The van der Waals surface area contributed by atoms with E-state index >= 15 is 0 Å². The van der Waals surface area contributed by atoms with E-state index in [0.29, 0.717) is 5.02 Å². The lowest BCUT2D eigenvalue weighted by Crippen LogP contribution is -2.30. The van der Waals surface area contributed by atoms with Crippen LogP contribution in [0.4, 0.5) is 0 Å². The van der Waals surface area contributed by atoms with Crippen LogP contribution in [-0.2, 0) is 4.79 Å². The molecule has 0 atom stereocenters. The SMILES string of the molecule is O=C1NCCC/C1=C\c1cccc(Cl)c1. The highest BCUT2D eigenvalue weighted by molar-refractivity contribution is 6.30. The first-order chi connectivity index (χ1) is 7.25. The van der Waals surface area contributed by atoms with Gasteiger partial charge in [0.05, 0.1) is 0 Å². The Labute approximate surface area is 93.9 Å². The number of nitrogens with one attached hydrogen (secondary N) is 1. The lowest BCUT2D eigenvalue weighted by Gasteiger charge is -2.14. The molecular formula is C12H12ClNO. The molecule has 2 rings (SSSR count). The van der Waals surface area contributed by atoms with E-state index in [2.05, 4.69) is 5.32 Å². The fourth-order valence-electron chi connectivity index (χ4n) is 1.64. The van der Waals surface area contributed by atoms with Crippen molar-refractivity contribution in [3.8, 4) is 0 Å². The maximum atomic E-state index is 11.5. The van der Waals surface area contributed by atoms with Crippen molar-refractivity contribution in [2.75, 3.05) is 6.54 Å². The van der Waals surface area contributed by atoms with Crippen molar-refractivity contribution < 1.29 is 4.79 Å². The molecule has 1 heterocycles. The van der Waals surface area contributed by atoms with Gasteiger partial charge in [0.2, 0.25) is 5.91 Å². The minimum absolute atomic E-state index is 0.0428. The monoisotopic (exact) mass is 221 g/mol. The van der Waals surface area contributed by atoms with E-state index in [1.165, 1.54) is 0 Å². The highest BCUT2D eigenvalue weighted by atomic mass is 35.5. The number of hydrogen-bond donors (Lipinski definition) is 1.